The van der Waals surface area contributed by atoms with E-state index in [1.54, 1.807) is 0 Å². The van der Waals surface area contributed by atoms with Gasteiger partial charge in [-0.05, 0) is 30.4 Å². The second-order valence-corrected chi connectivity index (χ2v) is 5.31. The monoisotopic (exact) mass is 336 g/mol. The summed E-state index contributed by atoms with van der Waals surface area (Å²) >= 11 is 3.38. The molecule has 0 aliphatic heterocycles. The Hall–Kier alpha value is -1.11. The van der Waals surface area contributed by atoms with Gasteiger partial charge in [-0.25, -0.2) is 0 Å². The van der Waals surface area contributed by atoms with Gasteiger partial charge in [0.25, 0.3) is 5.91 Å². The van der Waals surface area contributed by atoms with Gasteiger partial charge in [-0.1, -0.05) is 15.9 Å². The normalized spacial score (nSPS) is 17.1. The van der Waals surface area contributed by atoms with E-state index in [-0.39, 0.29) is 11.1 Å². The molecule has 3 nitrogen and oxygen atoms in total. The Bertz CT molecular complexity index is 469. The molecular formula is C12H12BrF3N2O. The maximum atomic E-state index is 12.3. The third-order valence-corrected chi connectivity index (χ3v) is 4.38. The summed E-state index contributed by atoms with van der Waals surface area (Å²) in [6.07, 6.45) is -1.68. The third-order valence-electron chi connectivity index (χ3n) is 3.19. The summed E-state index contributed by atoms with van der Waals surface area (Å²) in [6.45, 7) is 0.514. The number of aromatic nitrogens is 1. The van der Waals surface area contributed by atoms with Crippen molar-refractivity contribution in [2.75, 3.05) is 11.9 Å². The molecule has 2 rings (SSSR count). The van der Waals surface area contributed by atoms with Crippen molar-refractivity contribution >= 4 is 21.8 Å². The van der Waals surface area contributed by atoms with Gasteiger partial charge in [0, 0.05) is 18.1 Å². The summed E-state index contributed by atoms with van der Waals surface area (Å²) in [6, 6.07) is 1.95. The minimum atomic E-state index is -4.43. The highest BCUT2D eigenvalue weighted by Gasteiger charge is 2.41. The zero-order valence-corrected chi connectivity index (χ0v) is 11.5. The van der Waals surface area contributed by atoms with Crippen LogP contribution in [-0.2, 0) is 6.18 Å². The minimum absolute atomic E-state index is 0.00151. The van der Waals surface area contributed by atoms with Gasteiger partial charge in [0.2, 0.25) is 0 Å². The lowest BCUT2D eigenvalue weighted by Crippen LogP contribution is -2.31. The van der Waals surface area contributed by atoms with Crippen LogP contribution in [0.3, 0.4) is 0 Å². The number of rotatable bonds is 4. The average molecular weight is 337 g/mol. The number of carbonyl (C=O) groups excluding carboxylic acids is 1. The standard InChI is InChI=1S/C12H12BrF3N2O/c13-6-11(3-4-11)7-18-10(19)9-2-1-8(5-17-9)12(14,15)16/h1-2,5H,3-4,6-7H2,(H,18,19). The average Bonchev–Trinajstić information content (AvgIpc) is 3.16. The van der Waals surface area contributed by atoms with E-state index in [2.05, 4.69) is 26.2 Å². The number of pyridine rings is 1. The molecule has 0 saturated heterocycles. The Morgan fingerprint density at radius 3 is 2.53 bits per heavy atom. The fourth-order valence-electron chi connectivity index (χ4n) is 1.59. The van der Waals surface area contributed by atoms with Crippen molar-refractivity contribution in [3.63, 3.8) is 0 Å². The molecule has 1 amide bonds. The Kier molecular flexibility index (Phi) is 3.85. The first-order valence-electron chi connectivity index (χ1n) is 5.74. The van der Waals surface area contributed by atoms with Crippen LogP contribution >= 0.6 is 15.9 Å². The van der Waals surface area contributed by atoms with Crippen LogP contribution in [0.5, 0.6) is 0 Å². The van der Waals surface area contributed by atoms with Crippen molar-refractivity contribution in [3.8, 4) is 0 Å². The van der Waals surface area contributed by atoms with Crippen LogP contribution in [-0.4, -0.2) is 22.8 Å². The molecule has 1 aliphatic rings. The minimum Gasteiger partial charge on any atom is -0.350 e. The van der Waals surface area contributed by atoms with Crippen LogP contribution in [0.15, 0.2) is 18.3 Å². The Labute approximate surface area is 116 Å². The predicted molar refractivity (Wildman–Crippen MR) is 67.0 cm³/mol. The number of alkyl halides is 4. The summed E-state index contributed by atoms with van der Waals surface area (Å²) in [5.74, 6) is -0.444. The van der Waals surface area contributed by atoms with Crippen molar-refractivity contribution < 1.29 is 18.0 Å². The molecule has 0 atom stereocenters. The molecule has 0 unspecified atom stereocenters. The molecule has 1 aromatic heterocycles. The fraction of sp³-hybridized carbons (Fsp3) is 0.500. The van der Waals surface area contributed by atoms with E-state index in [4.69, 9.17) is 0 Å². The SMILES string of the molecule is O=C(NCC1(CBr)CC1)c1ccc(C(F)(F)F)cn1. The maximum Gasteiger partial charge on any atom is 0.417 e. The molecule has 19 heavy (non-hydrogen) atoms. The molecule has 1 fully saturated rings. The van der Waals surface area contributed by atoms with E-state index in [0.29, 0.717) is 12.7 Å². The van der Waals surface area contributed by atoms with Crippen molar-refractivity contribution in [3.05, 3.63) is 29.6 Å². The topological polar surface area (TPSA) is 42.0 Å². The molecular weight excluding hydrogens is 325 g/mol. The molecule has 7 heteroatoms. The van der Waals surface area contributed by atoms with E-state index in [1.807, 2.05) is 0 Å². The smallest absolute Gasteiger partial charge is 0.350 e. The zero-order valence-electron chi connectivity index (χ0n) is 9.93. The van der Waals surface area contributed by atoms with Gasteiger partial charge in [-0.2, -0.15) is 13.2 Å². The molecule has 1 aromatic rings. The predicted octanol–water partition coefficient (Wildman–Crippen LogP) is 3.01. The first kappa shape index (κ1) is 14.3. The van der Waals surface area contributed by atoms with Gasteiger partial charge in [-0.15, -0.1) is 0 Å². The molecule has 1 aliphatic carbocycles. The van der Waals surface area contributed by atoms with Gasteiger partial charge in [0.1, 0.15) is 5.69 Å². The second-order valence-electron chi connectivity index (χ2n) is 4.75. The van der Waals surface area contributed by atoms with E-state index < -0.39 is 17.6 Å². The highest BCUT2D eigenvalue weighted by molar-refractivity contribution is 9.09. The molecule has 0 spiro atoms. The van der Waals surface area contributed by atoms with E-state index in [9.17, 15) is 18.0 Å². The lowest BCUT2D eigenvalue weighted by molar-refractivity contribution is -0.137. The van der Waals surface area contributed by atoms with Crippen LogP contribution in [0.4, 0.5) is 13.2 Å². The third kappa shape index (κ3) is 3.46. The van der Waals surface area contributed by atoms with Crippen LogP contribution in [0.1, 0.15) is 28.9 Å². The first-order valence-corrected chi connectivity index (χ1v) is 6.86. The number of hydrogen-bond acceptors (Lipinski definition) is 2. The van der Waals surface area contributed by atoms with Crippen LogP contribution < -0.4 is 5.32 Å². The largest absolute Gasteiger partial charge is 0.417 e. The van der Waals surface area contributed by atoms with Gasteiger partial charge < -0.3 is 5.32 Å². The Morgan fingerprint density at radius 2 is 2.11 bits per heavy atom. The van der Waals surface area contributed by atoms with Crippen LogP contribution in [0, 0.1) is 5.41 Å². The first-order chi connectivity index (χ1) is 8.86. The van der Waals surface area contributed by atoms with Gasteiger partial charge in [0.15, 0.2) is 0 Å². The van der Waals surface area contributed by atoms with Gasteiger partial charge >= 0.3 is 6.18 Å². The summed E-state index contributed by atoms with van der Waals surface area (Å²) in [4.78, 5) is 15.3. The van der Waals surface area contributed by atoms with E-state index >= 15 is 0 Å². The number of halogens is 4. The molecule has 0 bridgehead atoms. The van der Waals surface area contributed by atoms with E-state index in [1.165, 1.54) is 0 Å². The number of carbonyl (C=O) groups is 1. The van der Waals surface area contributed by atoms with Crippen molar-refractivity contribution in [1.29, 1.82) is 0 Å². The zero-order chi connectivity index (χ0) is 14.1. The quantitative estimate of drug-likeness (QED) is 0.859. The highest BCUT2D eigenvalue weighted by atomic mass is 79.9. The molecule has 104 valence electrons. The lowest BCUT2D eigenvalue weighted by Gasteiger charge is -2.12. The van der Waals surface area contributed by atoms with Crippen LogP contribution in [0.2, 0.25) is 0 Å². The summed E-state index contributed by atoms with van der Waals surface area (Å²) in [5, 5.41) is 3.50. The highest BCUT2D eigenvalue weighted by Crippen LogP contribution is 2.46. The maximum absolute atomic E-state index is 12.3. The number of hydrogen-bond donors (Lipinski definition) is 1. The number of amides is 1. The van der Waals surface area contributed by atoms with Crippen molar-refractivity contribution in [1.82, 2.24) is 10.3 Å². The van der Waals surface area contributed by atoms with Crippen molar-refractivity contribution in [2.24, 2.45) is 5.41 Å². The van der Waals surface area contributed by atoms with Crippen LogP contribution in [0.25, 0.3) is 0 Å². The molecule has 1 heterocycles. The number of nitrogens with one attached hydrogen (secondary N) is 1. The Balaban J connectivity index is 1.96. The molecule has 1 N–H and O–H groups in total. The number of nitrogens with zero attached hydrogens (tertiary/aromatic N) is 1. The van der Waals surface area contributed by atoms with Gasteiger partial charge in [-0.3, -0.25) is 9.78 Å². The molecule has 0 aromatic carbocycles. The summed E-state index contributed by atoms with van der Waals surface area (Å²) < 4.78 is 37.0. The van der Waals surface area contributed by atoms with Crippen molar-refractivity contribution in [2.45, 2.75) is 19.0 Å². The van der Waals surface area contributed by atoms with E-state index in [0.717, 1.165) is 30.3 Å². The Morgan fingerprint density at radius 1 is 1.42 bits per heavy atom. The molecule has 0 radical (unpaired) electrons. The second kappa shape index (κ2) is 5.11. The summed E-state index contributed by atoms with van der Waals surface area (Å²) in [7, 11) is 0. The summed E-state index contributed by atoms with van der Waals surface area (Å²) in [5.41, 5.74) is -0.747. The fourth-order valence-corrected chi connectivity index (χ4v) is 2.35. The lowest BCUT2D eigenvalue weighted by atomic mass is 10.1. The molecule has 1 saturated carbocycles. The van der Waals surface area contributed by atoms with Gasteiger partial charge in [0.05, 0.1) is 5.56 Å².